The van der Waals surface area contributed by atoms with Crippen molar-refractivity contribution in [3.63, 3.8) is 0 Å². The molecule has 1 fully saturated rings. The molecule has 1 atom stereocenters. The highest BCUT2D eigenvalue weighted by molar-refractivity contribution is 7.89. The van der Waals surface area contributed by atoms with Crippen LogP contribution in [0.3, 0.4) is 0 Å². The number of hydrogen-bond donors (Lipinski definition) is 2. The lowest BCUT2D eigenvalue weighted by molar-refractivity contribution is -0.121. The van der Waals surface area contributed by atoms with Gasteiger partial charge in [-0.2, -0.15) is 4.31 Å². The largest absolute Gasteiger partial charge is 0.352 e. The molecule has 7 heteroatoms. The van der Waals surface area contributed by atoms with Crippen molar-refractivity contribution in [3.05, 3.63) is 29.8 Å². The van der Waals surface area contributed by atoms with E-state index in [0.717, 1.165) is 31.5 Å². The Morgan fingerprint density at radius 1 is 1.32 bits per heavy atom. The number of carbonyl (C=O) groups is 1. The molecule has 0 radical (unpaired) electrons. The molecule has 1 aliphatic heterocycles. The van der Waals surface area contributed by atoms with Crippen molar-refractivity contribution in [3.8, 4) is 0 Å². The van der Waals surface area contributed by atoms with Crippen LogP contribution in [0.1, 0.15) is 38.7 Å². The Balaban J connectivity index is 1.84. The van der Waals surface area contributed by atoms with Gasteiger partial charge in [0.2, 0.25) is 15.9 Å². The summed E-state index contributed by atoms with van der Waals surface area (Å²) in [4.78, 5) is 12.2. The van der Waals surface area contributed by atoms with Crippen LogP contribution in [-0.2, 0) is 21.4 Å². The van der Waals surface area contributed by atoms with E-state index in [1.165, 1.54) is 4.31 Å². The van der Waals surface area contributed by atoms with Gasteiger partial charge < -0.3 is 10.6 Å². The van der Waals surface area contributed by atoms with Gasteiger partial charge in [-0.1, -0.05) is 12.1 Å². The highest BCUT2D eigenvalue weighted by Crippen LogP contribution is 2.17. The first-order valence-electron chi connectivity index (χ1n) is 8.85. The van der Waals surface area contributed by atoms with E-state index >= 15 is 0 Å². The molecule has 0 saturated carbocycles. The summed E-state index contributed by atoms with van der Waals surface area (Å²) in [5.74, 6) is 0.649. The van der Waals surface area contributed by atoms with Crippen molar-refractivity contribution in [2.24, 2.45) is 5.92 Å². The summed E-state index contributed by atoms with van der Waals surface area (Å²) in [6.45, 7) is 6.15. The second kappa shape index (κ2) is 8.78. The fourth-order valence-corrected chi connectivity index (χ4v) is 4.18. The number of amides is 1. The van der Waals surface area contributed by atoms with Gasteiger partial charge in [0, 0.05) is 26.1 Å². The van der Waals surface area contributed by atoms with Crippen molar-refractivity contribution in [2.75, 3.05) is 20.1 Å². The molecule has 1 aromatic carbocycles. The smallest absolute Gasteiger partial charge is 0.243 e. The van der Waals surface area contributed by atoms with Crippen LogP contribution in [-0.4, -0.2) is 44.8 Å². The summed E-state index contributed by atoms with van der Waals surface area (Å²) in [6, 6.07) is 6.60. The summed E-state index contributed by atoms with van der Waals surface area (Å²) >= 11 is 0. The average Bonchev–Trinajstić information content (AvgIpc) is 3.11. The third-order valence-electron chi connectivity index (χ3n) is 4.76. The number of hydrogen-bond acceptors (Lipinski definition) is 4. The van der Waals surface area contributed by atoms with Gasteiger partial charge >= 0.3 is 0 Å². The Morgan fingerprint density at radius 2 is 2.00 bits per heavy atom. The van der Waals surface area contributed by atoms with Crippen molar-refractivity contribution in [1.29, 1.82) is 0 Å². The number of sulfonamides is 1. The molecular formula is C18H29N3O3S. The van der Waals surface area contributed by atoms with E-state index in [9.17, 15) is 13.2 Å². The lowest BCUT2D eigenvalue weighted by Crippen LogP contribution is -2.33. The van der Waals surface area contributed by atoms with Gasteiger partial charge in [-0.3, -0.25) is 4.79 Å². The fraction of sp³-hybridized carbons (Fsp3) is 0.611. The highest BCUT2D eigenvalue weighted by atomic mass is 32.2. The van der Waals surface area contributed by atoms with Crippen molar-refractivity contribution < 1.29 is 13.2 Å². The van der Waals surface area contributed by atoms with E-state index in [2.05, 4.69) is 10.6 Å². The second-order valence-corrected chi connectivity index (χ2v) is 8.93. The number of rotatable bonds is 8. The molecule has 0 aliphatic carbocycles. The Morgan fingerprint density at radius 3 is 2.56 bits per heavy atom. The predicted molar refractivity (Wildman–Crippen MR) is 98.6 cm³/mol. The maximum Gasteiger partial charge on any atom is 0.243 e. The molecule has 1 saturated heterocycles. The molecule has 0 bridgehead atoms. The number of carbonyl (C=O) groups excluding carboxylic acids is 1. The van der Waals surface area contributed by atoms with Gasteiger partial charge in [0.05, 0.1) is 4.90 Å². The third-order valence-corrected chi connectivity index (χ3v) is 6.81. The zero-order chi connectivity index (χ0) is 18.4. The van der Waals surface area contributed by atoms with E-state index in [4.69, 9.17) is 0 Å². The molecule has 1 amide bonds. The quantitative estimate of drug-likeness (QED) is 0.733. The molecule has 0 aromatic heterocycles. The van der Waals surface area contributed by atoms with Gasteiger partial charge in [-0.15, -0.1) is 0 Å². The van der Waals surface area contributed by atoms with Crippen LogP contribution in [0, 0.1) is 5.92 Å². The molecule has 1 aromatic rings. The fourth-order valence-electron chi connectivity index (χ4n) is 2.81. The second-order valence-electron chi connectivity index (χ2n) is 6.93. The summed E-state index contributed by atoms with van der Waals surface area (Å²) in [5.41, 5.74) is 0.891. The Labute approximate surface area is 151 Å². The minimum Gasteiger partial charge on any atom is -0.352 e. The van der Waals surface area contributed by atoms with Crippen LogP contribution in [0.25, 0.3) is 0 Å². The lowest BCUT2D eigenvalue weighted by Gasteiger charge is -2.21. The van der Waals surface area contributed by atoms with Crippen LogP contribution >= 0.6 is 0 Å². The van der Waals surface area contributed by atoms with Crippen LogP contribution < -0.4 is 10.6 Å². The van der Waals surface area contributed by atoms with Crippen LogP contribution in [0.4, 0.5) is 0 Å². The molecule has 0 spiro atoms. The first-order chi connectivity index (χ1) is 11.8. The molecule has 1 aliphatic rings. The normalized spacial score (nSPS) is 18.0. The third kappa shape index (κ3) is 5.52. The summed E-state index contributed by atoms with van der Waals surface area (Å²) in [7, 11) is -1.89. The van der Waals surface area contributed by atoms with Gasteiger partial charge in [-0.05, 0) is 63.4 Å². The van der Waals surface area contributed by atoms with Crippen LogP contribution in [0.15, 0.2) is 29.2 Å². The van der Waals surface area contributed by atoms with E-state index in [0.29, 0.717) is 18.9 Å². The minimum absolute atomic E-state index is 0.0446. The maximum atomic E-state index is 12.4. The molecule has 2 rings (SSSR count). The Bertz CT molecular complexity index is 665. The number of nitrogens with one attached hydrogen (secondary N) is 2. The highest BCUT2D eigenvalue weighted by Gasteiger charge is 2.22. The molecule has 6 nitrogen and oxygen atoms in total. The standard InChI is InChI=1S/C18H29N3O3S/c1-14(2)21(3)25(23,24)17-7-4-15(5-8-17)13-20-18(22)9-6-16-10-11-19-12-16/h4-5,7-8,14,16,19H,6,9-13H2,1-3H3,(H,20,22). The van der Waals surface area contributed by atoms with Crippen LogP contribution in [0.5, 0.6) is 0 Å². The topological polar surface area (TPSA) is 78.5 Å². The Hall–Kier alpha value is -1.44. The number of nitrogens with zero attached hydrogens (tertiary/aromatic N) is 1. The predicted octanol–water partition coefficient (Wildman–Crippen LogP) is 1.72. The Kier molecular flexibility index (Phi) is 6.98. The minimum atomic E-state index is -3.46. The summed E-state index contributed by atoms with van der Waals surface area (Å²) < 4.78 is 26.2. The molecule has 140 valence electrons. The lowest BCUT2D eigenvalue weighted by atomic mass is 10.0. The molecule has 1 unspecified atom stereocenters. The SMILES string of the molecule is CC(C)N(C)S(=O)(=O)c1ccc(CNC(=O)CCC2CCNC2)cc1. The van der Waals surface area contributed by atoms with Gasteiger partial charge in [0.25, 0.3) is 0 Å². The molecule has 2 N–H and O–H groups in total. The molecule has 25 heavy (non-hydrogen) atoms. The van der Waals surface area contributed by atoms with E-state index in [1.807, 2.05) is 13.8 Å². The maximum absolute atomic E-state index is 12.4. The van der Waals surface area contributed by atoms with Crippen LogP contribution in [0.2, 0.25) is 0 Å². The summed E-state index contributed by atoms with van der Waals surface area (Å²) in [5, 5.41) is 6.20. The first kappa shape index (κ1) is 19.9. The monoisotopic (exact) mass is 367 g/mol. The van der Waals surface area contributed by atoms with Crippen molar-refractivity contribution >= 4 is 15.9 Å². The summed E-state index contributed by atoms with van der Waals surface area (Å²) in [6.07, 6.45) is 2.60. The van der Waals surface area contributed by atoms with Gasteiger partial charge in [0.15, 0.2) is 0 Å². The number of benzene rings is 1. The first-order valence-corrected chi connectivity index (χ1v) is 10.3. The van der Waals surface area contributed by atoms with E-state index in [1.54, 1.807) is 31.3 Å². The molecule has 1 heterocycles. The molecular weight excluding hydrogens is 338 g/mol. The van der Waals surface area contributed by atoms with Crippen molar-refractivity contribution in [1.82, 2.24) is 14.9 Å². The van der Waals surface area contributed by atoms with Gasteiger partial charge in [-0.25, -0.2) is 8.42 Å². The van der Waals surface area contributed by atoms with E-state index < -0.39 is 10.0 Å². The van der Waals surface area contributed by atoms with Gasteiger partial charge in [0.1, 0.15) is 0 Å². The average molecular weight is 368 g/mol. The zero-order valence-electron chi connectivity index (χ0n) is 15.3. The zero-order valence-corrected chi connectivity index (χ0v) is 16.1. The van der Waals surface area contributed by atoms with Crippen molar-refractivity contribution in [2.45, 2.75) is 50.6 Å². The van der Waals surface area contributed by atoms with E-state index in [-0.39, 0.29) is 16.8 Å².